The van der Waals surface area contributed by atoms with Crippen LogP contribution in [0.25, 0.3) is 0 Å². The Morgan fingerprint density at radius 3 is 2.56 bits per heavy atom. The zero-order chi connectivity index (χ0) is 27.4. The summed E-state index contributed by atoms with van der Waals surface area (Å²) in [5.41, 5.74) is 2.23. The Morgan fingerprint density at radius 1 is 1.08 bits per heavy atom. The standard InChI is InChI=1S/C28H36N4O6S/c33-26-10-9-25(27(34)29-26)32-18-21-16-19(5-8-24(21)28(32)35)2-1-15-38-23-11-13-31(14-12-23)17-20-3-6-22(7-4-20)30-39(36)37/h5,8,16,20,22-23,25,30H,3-4,6-7,9-15,17-18H2,(H,36,37)(H,29,33,34). The van der Waals surface area contributed by atoms with Gasteiger partial charge in [-0.2, -0.15) is 0 Å². The van der Waals surface area contributed by atoms with Crippen molar-refractivity contribution >= 4 is 29.0 Å². The minimum absolute atomic E-state index is 0.152. The van der Waals surface area contributed by atoms with Crippen molar-refractivity contribution in [3.63, 3.8) is 0 Å². The Kier molecular flexibility index (Phi) is 9.10. The molecule has 10 nitrogen and oxygen atoms in total. The SMILES string of the molecule is O=C1CCC(N2Cc3cc(C#CCOC4CCN(CC5CCC(NS(=O)O)CC5)CC4)ccc3C2=O)C(=O)N1. The van der Waals surface area contributed by atoms with Crippen LogP contribution >= 0.6 is 0 Å². The van der Waals surface area contributed by atoms with Crippen LogP contribution in [0.15, 0.2) is 18.2 Å². The molecule has 4 aliphatic rings. The van der Waals surface area contributed by atoms with Gasteiger partial charge in [-0.3, -0.25) is 24.3 Å². The first kappa shape index (κ1) is 27.9. The van der Waals surface area contributed by atoms with Crippen molar-refractivity contribution in [2.75, 3.05) is 26.2 Å². The van der Waals surface area contributed by atoms with Gasteiger partial charge < -0.3 is 14.5 Å². The fraction of sp³-hybridized carbons (Fsp3) is 0.607. The molecule has 0 bridgehead atoms. The lowest BCUT2D eigenvalue weighted by molar-refractivity contribution is -0.136. The van der Waals surface area contributed by atoms with Crippen molar-refractivity contribution in [1.29, 1.82) is 0 Å². The number of ether oxygens (including phenoxy) is 1. The first-order valence-corrected chi connectivity index (χ1v) is 14.9. The molecule has 1 aromatic carbocycles. The number of imide groups is 1. The molecule has 0 aromatic heterocycles. The largest absolute Gasteiger partial charge is 0.365 e. The van der Waals surface area contributed by atoms with E-state index in [4.69, 9.17) is 9.29 Å². The number of carbonyl (C=O) groups excluding carboxylic acids is 3. The Hall–Kier alpha value is -2.62. The summed E-state index contributed by atoms with van der Waals surface area (Å²) in [6.45, 7) is 3.81. The third-order valence-corrected chi connectivity index (χ3v) is 8.85. The van der Waals surface area contributed by atoms with Gasteiger partial charge in [0.15, 0.2) is 0 Å². The molecule has 0 spiro atoms. The molecule has 3 fully saturated rings. The van der Waals surface area contributed by atoms with E-state index in [0.29, 0.717) is 31.1 Å². The molecule has 1 aromatic rings. The molecular weight excluding hydrogens is 520 g/mol. The van der Waals surface area contributed by atoms with E-state index in [1.54, 1.807) is 11.0 Å². The number of rotatable bonds is 7. The minimum atomic E-state index is -1.92. The molecule has 3 amide bonds. The van der Waals surface area contributed by atoms with E-state index in [0.717, 1.165) is 69.3 Å². The number of benzene rings is 1. The highest BCUT2D eigenvalue weighted by Gasteiger charge is 2.39. The topological polar surface area (TPSA) is 128 Å². The van der Waals surface area contributed by atoms with Crippen LogP contribution in [0.1, 0.15) is 72.9 Å². The molecule has 3 aliphatic heterocycles. The van der Waals surface area contributed by atoms with Gasteiger partial charge in [-0.05, 0) is 74.6 Å². The van der Waals surface area contributed by atoms with Crippen LogP contribution in [0, 0.1) is 17.8 Å². The zero-order valence-electron chi connectivity index (χ0n) is 22.0. The van der Waals surface area contributed by atoms with Crippen LogP contribution in [-0.4, -0.2) is 80.7 Å². The molecule has 1 saturated carbocycles. The van der Waals surface area contributed by atoms with E-state index in [9.17, 15) is 18.6 Å². The molecule has 0 radical (unpaired) electrons. The van der Waals surface area contributed by atoms with E-state index >= 15 is 0 Å². The Balaban J connectivity index is 1.03. The summed E-state index contributed by atoms with van der Waals surface area (Å²) in [5.74, 6) is 6.00. The van der Waals surface area contributed by atoms with E-state index in [-0.39, 0.29) is 30.4 Å². The number of amides is 3. The maximum atomic E-state index is 12.8. The van der Waals surface area contributed by atoms with Gasteiger partial charge in [0, 0.05) is 49.8 Å². The highest BCUT2D eigenvalue weighted by molar-refractivity contribution is 7.77. The van der Waals surface area contributed by atoms with Crippen molar-refractivity contribution in [2.24, 2.45) is 5.92 Å². The van der Waals surface area contributed by atoms with Crippen molar-refractivity contribution < 1.29 is 27.9 Å². The fourth-order valence-corrected chi connectivity index (χ4v) is 6.70. The number of nitrogens with one attached hydrogen (secondary N) is 2. The molecule has 3 heterocycles. The molecule has 2 unspecified atom stereocenters. The predicted octanol–water partition coefficient (Wildman–Crippen LogP) is 1.57. The summed E-state index contributed by atoms with van der Waals surface area (Å²) >= 11 is -1.92. The maximum Gasteiger partial charge on any atom is 0.255 e. The third-order valence-electron chi connectivity index (χ3n) is 8.31. The molecule has 11 heteroatoms. The van der Waals surface area contributed by atoms with Crippen LogP contribution in [0.5, 0.6) is 0 Å². The van der Waals surface area contributed by atoms with Crippen LogP contribution in [0.4, 0.5) is 0 Å². The van der Waals surface area contributed by atoms with Gasteiger partial charge in [-0.15, -0.1) is 0 Å². The molecule has 5 rings (SSSR count). The van der Waals surface area contributed by atoms with Gasteiger partial charge in [0.2, 0.25) is 23.1 Å². The van der Waals surface area contributed by atoms with E-state index < -0.39 is 23.2 Å². The number of nitrogens with zero attached hydrogens (tertiary/aromatic N) is 2. The lowest BCUT2D eigenvalue weighted by atomic mass is 9.86. The lowest BCUT2D eigenvalue weighted by Gasteiger charge is -2.36. The average molecular weight is 557 g/mol. The molecule has 1 aliphatic carbocycles. The highest BCUT2D eigenvalue weighted by Crippen LogP contribution is 2.29. The number of likely N-dealkylation sites (tertiary alicyclic amines) is 1. The number of fused-ring (bicyclic) bond motifs is 1. The van der Waals surface area contributed by atoms with Gasteiger partial charge in [0.25, 0.3) is 5.91 Å². The van der Waals surface area contributed by atoms with Crippen LogP contribution in [-0.2, 0) is 32.1 Å². The van der Waals surface area contributed by atoms with Crippen molar-refractivity contribution in [2.45, 2.75) is 76.1 Å². The Bertz CT molecular complexity index is 1180. The van der Waals surface area contributed by atoms with E-state index in [2.05, 4.69) is 26.8 Å². The van der Waals surface area contributed by atoms with Crippen molar-refractivity contribution in [1.82, 2.24) is 19.8 Å². The van der Waals surface area contributed by atoms with Crippen molar-refractivity contribution in [3.05, 3.63) is 34.9 Å². The van der Waals surface area contributed by atoms with Crippen molar-refractivity contribution in [3.8, 4) is 11.8 Å². The Morgan fingerprint density at radius 2 is 1.85 bits per heavy atom. The lowest BCUT2D eigenvalue weighted by Crippen LogP contribution is -2.52. The summed E-state index contributed by atoms with van der Waals surface area (Å²) in [6.07, 6.45) is 6.85. The summed E-state index contributed by atoms with van der Waals surface area (Å²) in [7, 11) is 0. The van der Waals surface area contributed by atoms with E-state index in [1.165, 1.54) is 0 Å². The summed E-state index contributed by atoms with van der Waals surface area (Å²) < 4.78 is 28.7. The number of hydrogen-bond acceptors (Lipinski definition) is 6. The predicted molar refractivity (Wildman–Crippen MR) is 144 cm³/mol. The fourth-order valence-electron chi connectivity index (χ4n) is 6.18. The minimum Gasteiger partial charge on any atom is -0.365 e. The smallest absolute Gasteiger partial charge is 0.255 e. The first-order chi connectivity index (χ1) is 18.9. The maximum absolute atomic E-state index is 12.8. The second-order valence-corrected chi connectivity index (χ2v) is 11.7. The van der Waals surface area contributed by atoms with Gasteiger partial charge in [-0.25, -0.2) is 8.93 Å². The van der Waals surface area contributed by atoms with E-state index in [1.807, 2.05) is 12.1 Å². The van der Waals surface area contributed by atoms with Gasteiger partial charge in [0.1, 0.15) is 12.6 Å². The first-order valence-electron chi connectivity index (χ1n) is 13.8. The van der Waals surface area contributed by atoms with Crippen LogP contribution < -0.4 is 10.0 Å². The molecule has 210 valence electrons. The molecular formula is C28H36N4O6S. The van der Waals surface area contributed by atoms with Gasteiger partial charge >= 0.3 is 0 Å². The number of carbonyl (C=O) groups is 3. The third kappa shape index (κ3) is 7.13. The van der Waals surface area contributed by atoms with Crippen LogP contribution in [0.3, 0.4) is 0 Å². The summed E-state index contributed by atoms with van der Waals surface area (Å²) in [6, 6.07) is 5.02. The average Bonchev–Trinajstić information content (AvgIpc) is 3.23. The summed E-state index contributed by atoms with van der Waals surface area (Å²) in [5, 5.41) is 2.33. The normalized spacial score (nSPS) is 27.1. The molecule has 3 N–H and O–H groups in total. The highest BCUT2D eigenvalue weighted by atomic mass is 32.2. The monoisotopic (exact) mass is 556 g/mol. The second-order valence-electron chi connectivity index (χ2n) is 11.0. The zero-order valence-corrected chi connectivity index (χ0v) is 22.8. The second kappa shape index (κ2) is 12.7. The van der Waals surface area contributed by atoms with Gasteiger partial charge in [0.05, 0.1) is 6.10 Å². The summed E-state index contributed by atoms with van der Waals surface area (Å²) in [4.78, 5) is 40.6. The van der Waals surface area contributed by atoms with Gasteiger partial charge in [-0.1, -0.05) is 11.8 Å². The Labute approximate surface area is 231 Å². The molecule has 2 saturated heterocycles. The quantitative estimate of drug-likeness (QED) is 0.264. The number of hydrogen-bond donors (Lipinski definition) is 3. The van der Waals surface area contributed by atoms with Crippen LogP contribution in [0.2, 0.25) is 0 Å². The number of piperidine rings is 2. The molecule has 39 heavy (non-hydrogen) atoms. The molecule has 2 atom stereocenters.